The zero-order chi connectivity index (χ0) is 27.6. The van der Waals surface area contributed by atoms with Gasteiger partial charge in [0, 0.05) is 33.5 Å². The van der Waals surface area contributed by atoms with Gasteiger partial charge in [-0.3, -0.25) is 4.98 Å². The number of nitrogens with zero attached hydrogens (tertiary/aromatic N) is 1. The molecule has 0 N–H and O–H groups in total. The third kappa shape index (κ3) is 3.58. The van der Waals surface area contributed by atoms with Crippen LogP contribution in [-0.2, 0) is 4.57 Å². The van der Waals surface area contributed by atoms with Crippen LogP contribution in [0.25, 0.3) is 66.2 Å². The van der Waals surface area contributed by atoms with E-state index in [9.17, 15) is 4.57 Å². The molecule has 2 nitrogen and oxygen atoms in total. The van der Waals surface area contributed by atoms with Gasteiger partial charge < -0.3 is 4.57 Å². The van der Waals surface area contributed by atoms with Crippen LogP contribution in [0.2, 0.25) is 0 Å². The van der Waals surface area contributed by atoms with Crippen molar-refractivity contribution in [1.29, 1.82) is 0 Å². The van der Waals surface area contributed by atoms with Crippen LogP contribution < -0.4 is 10.6 Å². The number of fused-ring (bicyclic) bond motifs is 5. The highest BCUT2D eigenvalue weighted by atomic mass is 31.2. The van der Waals surface area contributed by atoms with Gasteiger partial charge in [0.05, 0.1) is 5.69 Å². The summed E-state index contributed by atoms with van der Waals surface area (Å²) < 4.78 is 14.1. The summed E-state index contributed by atoms with van der Waals surface area (Å²) in [5.74, 6) is 0. The minimum atomic E-state index is -2.69. The van der Waals surface area contributed by atoms with Crippen molar-refractivity contribution in [3.8, 4) is 44.6 Å². The highest BCUT2D eigenvalue weighted by Crippen LogP contribution is 2.54. The van der Waals surface area contributed by atoms with Gasteiger partial charge in [0.15, 0.2) is 0 Å². The standard InChI is InChI=1S/C38H26NOP/c1-41(40)34-20-10-9-18-31(34)38-32(19-11-21-35(38)41)37-29-16-7-5-14-27(29)36(28-15-6-8-17-30(28)37)26-22-23-33(39-24-26)25-12-3-2-4-13-25/h2-24H,1H3. The zero-order valence-corrected chi connectivity index (χ0v) is 23.5. The predicted octanol–water partition coefficient (Wildman–Crippen LogP) is 9.31. The summed E-state index contributed by atoms with van der Waals surface area (Å²) in [6.07, 6.45) is 2.00. The molecule has 1 atom stereocenters. The van der Waals surface area contributed by atoms with Gasteiger partial charge in [-0.1, -0.05) is 127 Å². The van der Waals surface area contributed by atoms with Crippen molar-refractivity contribution in [3.05, 3.63) is 140 Å². The Morgan fingerprint density at radius 1 is 0.463 bits per heavy atom. The first-order valence-electron chi connectivity index (χ1n) is 13.9. The molecule has 1 aliphatic heterocycles. The zero-order valence-electron chi connectivity index (χ0n) is 22.6. The van der Waals surface area contributed by atoms with Gasteiger partial charge in [0.25, 0.3) is 0 Å². The molecule has 0 saturated carbocycles. The average Bonchev–Trinajstić information content (AvgIpc) is 3.27. The first kappa shape index (κ1) is 24.1. The van der Waals surface area contributed by atoms with Gasteiger partial charge in [-0.2, -0.15) is 0 Å². The van der Waals surface area contributed by atoms with E-state index in [4.69, 9.17) is 4.98 Å². The van der Waals surface area contributed by atoms with E-state index >= 15 is 0 Å². The Hall–Kier alpha value is -4.78. The van der Waals surface area contributed by atoms with Crippen LogP contribution in [0.3, 0.4) is 0 Å². The largest absolute Gasteiger partial charge is 0.314 e. The molecule has 0 fully saturated rings. The van der Waals surface area contributed by atoms with E-state index in [1.165, 1.54) is 32.7 Å². The lowest BCUT2D eigenvalue weighted by Crippen LogP contribution is -2.08. The van der Waals surface area contributed by atoms with Crippen molar-refractivity contribution in [3.63, 3.8) is 0 Å². The summed E-state index contributed by atoms with van der Waals surface area (Å²) in [7, 11) is -2.69. The van der Waals surface area contributed by atoms with Crippen LogP contribution in [0.4, 0.5) is 0 Å². The van der Waals surface area contributed by atoms with E-state index in [2.05, 4.69) is 103 Å². The Bertz CT molecular complexity index is 2130. The molecule has 8 rings (SSSR count). The maximum absolute atomic E-state index is 14.1. The SMILES string of the molecule is CP1(=O)c2ccccc2-c2c(-c3c4ccccc4c(-c4ccc(-c5ccccc5)nc4)c4ccccc34)cccc21. The van der Waals surface area contributed by atoms with E-state index in [-0.39, 0.29) is 0 Å². The molecule has 3 heteroatoms. The van der Waals surface area contributed by atoms with Crippen LogP contribution in [0.15, 0.2) is 140 Å². The fourth-order valence-electron chi connectivity index (χ4n) is 6.63. The van der Waals surface area contributed by atoms with E-state index in [0.29, 0.717) is 0 Å². The molecule has 1 unspecified atom stereocenters. The quantitative estimate of drug-likeness (QED) is 0.164. The van der Waals surface area contributed by atoms with Gasteiger partial charge in [-0.15, -0.1) is 0 Å². The summed E-state index contributed by atoms with van der Waals surface area (Å²) in [6, 6.07) is 46.4. The Morgan fingerprint density at radius 3 is 1.68 bits per heavy atom. The minimum Gasteiger partial charge on any atom is -0.314 e. The summed E-state index contributed by atoms with van der Waals surface area (Å²) >= 11 is 0. The Labute approximate surface area is 239 Å². The molecule has 2 heterocycles. The van der Waals surface area contributed by atoms with Gasteiger partial charge in [-0.25, -0.2) is 0 Å². The first-order chi connectivity index (χ1) is 20.1. The monoisotopic (exact) mass is 543 g/mol. The van der Waals surface area contributed by atoms with E-state index in [1.807, 2.05) is 43.2 Å². The molecule has 0 bridgehead atoms. The number of rotatable bonds is 3. The minimum absolute atomic E-state index is 0.953. The second-order valence-electron chi connectivity index (χ2n) is 10.8. The van der Waals surface area contributed by atoms with Crippen LogP contribution in [0.5, 0.6) is 0 Å². The third-order valence-electron chi connectivity index (χ3n) is 8.46. The molecule has 0 radical (unpaired) electrons. The lowest BCUT2D eigenvalue weighted by atomic mass is 9.84. The van der Waals surface area contributed by atoms with Crippen molar-refractivity contribution in [2.24, 2.45) is 0 Å². The van der Waals surface area contributed by atoms with Crippen LogP contribution in [0, 0.1) is 0 Å². The molecule has 0 aliphatic carbocycles. The van der Waals surface area contributed by atoms with Gasteiger partial charge in [0.2, 0.25) is 0 Å². The van der Waals surface area contributed by atoms with E-state index in [1.54, 1.807) is 0 Å². The van der Waals surface area contributed by atoms with Gasteiger partial charge in [0.1, 0.15) is 7.14 Å². The maximum atomic E-state index is 14.1. The fourth-order valence-corrected chi connectivity index (χ4v) is 8.94. The topological polar surface area (TPSA) is 30.0 Å². The summed E-state index contributed by atoms with van der Waals surface area (Å²) in [5, 5.41) is 6.62. The van der Waals surface area contributed by atoms with E-state index in [0.717, 1.165) is 44.1 Å². The Balaban J connectivity index is 1.44. The summed E-state index contributed by atoms with van der Waals surface area (Å²) in [4.78, 5) is 4.88. The average molecular weight is 544 g/mol. The number of aromatic nitrogens is 1. The third-order valence-corrected chi connectivity index (χ3v) is 11.1. The molecule has 194 valence electrons. The van der Waals surface area contributed by atoms with E-state index < -0.39 is 7.14 Å². The maximum Gasteiger partial charge on any atom is 0.141 e. The molecule has 0 spiro atoms. The molecule has 7 aromatic rings. The number of benzene rings is 6. The van der Waals surface area contributed by atoms with Crippen LogP contribution >= 0.6 is 7.14 Å². The Kier molecular flexibility index (Phi) is 5.35. The molecule has 41 heavy (non-hydrogen) atoms. The summed E-state index contributed by atoms with van der Waals surface area (Å²) in [5.41, 5.74) is 8.84. The molecular weight excluding hydrogens is 517 g/mol. The first-order valence-corrected chi connectivity index (χ1v) is 16.0. The van der Waals surface area contributed by atoms with Crippen molar-refractivity contribution >= 4 is 39.3 Å². The van der Waals surface area contributed by atoms with Crippen molar-refractivity contribution in [2.75, 3.05) is 6.66 Å². The highest BCUT2D eigenvalue weighted by molar-refractivity contribution is 7.79. The molecular formula is C38H26NOP. The number of hydrogen-bond acceptors (Lipinski definition) is 2. The van der Waals surface area contributed by atoms with Crippen molar-refractivity contribution < 1.29 is 4.57 Å². The molecule has 0 amide bonds. The van der Waals surface area contributed by atoms with Crippen LogP contribution in [0.1, 0.15) is 0 Å². The van der Waals surface area contributed by atoms with Gasteiger partial charge >= 0.3 is 0 Å². The molecule has 6 aromatic carbocycles. The lowest BCUT2D eigenvalue weighted by Gasteiger charge is -2.19. The normalized spacial score (nSPS) is 15.6. The van der Waals surface area contributed by atoms with Gasteiger partial charge in [-0.05, 0) is 56.5 Å². The van der Waals surface area contributed by atoms with Crippen molar-refractivity contribution in [1.82, 2.24) is 4.98 Å². The predicted molar refractivity (Wildman–Crippen MR) is 174 cm³/mol. The molecule has 0 saturated heterocycles. The fraction of sp³-hybridized carbons (Fsp3) is 0.0263. The lowest BCUT2D eigenvalue weighted by molar-refractivity contribution is 0.591. The molecule has 1 aliphatic rings. The number of hydrogen-bond donors (Lipinski definition) is 0. The molecule has 1 aromatic heterocycles. The smallest absolute Gasteiger partial charge is 0.141 e. The van der Waals surface area contributed by atoms with Crippen LogP contribution in [-0.4, -0.2) is 11.6 Å². The second kappa shape index (κ2) is 9.13. The summed E-state index contributed by atoms with van der Waals surface area (Å²) in [6.45, 7) is 1.91. The van der Waals surface area contributed by atoms with Crippen molar-refractivity contribution in [2.45, 2.75) is 0 Å². The Morgan fingerprint density at radius 2 is 1.02 bits per heavy atom. The highest BCUT2D eigenvalue weighted by Gasteiger charge is 2.36. The number of pyridine rings is 1. The second-order valence-corrected chi connectivity index (χ2v) is 13.6.